The van der Waals surface area contributed by atoms with Crippen LogP contribution >= 0.6 is 0 Å². The maximum atomic E-state index is 13.1. The van der Waals surface area contributed by atoms with Crippen LogP contribution in [0.15, 0.2) is 18.2 Å². The molecular weight excluding hydrogens is 237 g/mol. The summed E-state index contributed by atoms with van der Waals surface area (Å²) in [5, 5.41) is 3.58. The first-order valence-corrected chi connectivity index (χ1v) is 7.32. The fraction of sp³-hybridized carbons (Fsp3) is 0.647. The summed E-state index contributed by atoms with van der Waals surface area (Å²) in [6.07, 6.45) is 3.43. The number of hydrogen-bond donors (Lipinski definition) is 1. The van der Waals surface area contributed by atoms with Crippen LogP contribution < -0.4 is 5.32 Å². The molecule has 0 saturated carbocycles. The maximum Gasteiger partial charge on any atom is 0.123 e. The summed E-state index contributed by atoms with van der Waals surface area (Å²) in [5.41, 5.74) is 2.50. The standard InChI is InChI=1S/C17H28FN/c1-6-7-14(12-19-17(3,4)5)11-15-8-9-16(18)10-13(15)2/h8-10,14,19H,6-7,11-12H2,1-5H3. The van der Waals surface area contributed by atoms with Crippen molar-refractivity contribution in [1.82, 2.24) is 5.32 Å². The molecular formula is C17H28FN. The Morgan fingerprint density at radius 3 is 2.47 bits per heavy atom. The molecule has 0 bridgehead atoms. The van der Waals surface area contributed by atoms with Gasteiger partial charge in [-0.15, -0.1) is 0 Å². The predicted molar refractivity (Wildman–Crippen MR) is 81.0 cm³/mol. The Morgan fingerprint density at radius 2 is 1.95 bits per heavy atom. The smallest absolute Gasteiger partial charge is 0.123 e. The van der Waals surface area contributed by atoms with Crippen LogP contribution in [0.3, 0.4) is 0 Å². The van der Waals surface area contributed by atoms with E-state index in [4.69, 9.17) is 0 Å². The molecule has 19 heavy (non-hydrogen) atoms. The molecule has 0 fully saturated rings. The Balaban J connectivity index is 2.67. The van der Waals surface area contributed by atoms with Gasteiger partial charge < -0.3 is 5.32 Å². The summed E-state index contributed by atoms with van der Waals surface area (Å²) in [6, 6.07) is 5.14. The minimum absolute atomic E-state index is 0.138. The zero-order chi connectivity index (χ0) is 14.5. The largest absolute Gasteiger partial charge is 0.312 e. The van der Waals surface area contributed by atoms with Gasteiger partial charge in [0.2, 0.25) is 0 Å². The van der Waals surface area contributed by atoms with Gasteiger partial charge in [0.05, 0.1) is 0 Å². The van der Waals surface area contributed by atoms with E-state index in [0.717, 1.165) is 18.5 Å². The lowest BCUT2D eigenvalue weighted by Gasteiger charge is -2.25. The van der Waals surface area contributed by atoms with E-state index in [1.807, 2.05) is 13.0 Å². The van der Waals surface area contributed by atoms with Crippen molar-refractivity contribution in [3.63, 3.8) is 0 Å². The number of nitrogens with one attached hydrogen (secondary N) is 1. The molecule has 1 rings (SSSR count). The van der Waals surface area contributed by atoms with E-state index in [-0.39, 0.29) is 11.4 Å². The van der Waals surface area contributed by atoms with Gasteiger partial charge in [-0.1, -0.05) is 19.4 Å². The second-order valence-corrected chi connectivity index (χ2v) is 6.56. The highest BCUT2D eigenvalue weighted by atomic mass is 19.1. The molecule has 1 atom stereocenters. The van der Waals surface area contributed by atoms with Crippen LogP contribution in [0.25, 0.3) is 0 Å². The first-order chi connectivity index (χ1) is 8.81. The molecule has 0 saturated heterocycles. The lowest BCUT2D eigenvalue weighted by molar-refractivity contribution is 0.354. The van der Waals surface area contributed by atoms with E-state index in [0.29, 0.717) is 5.92 Å². The van der Waals surface area contributed by atoms with Crippen LogP contribution in [0, 0.1) is 18.7 Å². The van der Waals surface area contributed by atoms with Gasteiger partial charge in [0.25, 0.3) is 0 Å². The molecule has 2 heteroatoms. The van der Waals surface area contributed by atoms with Crippen molar-refractivity contribution in [2.75, 3.05) is 6.54 Å². The fourth-order valence-corrected chi connectivity index (χ4v) is 2.33. The third-order valence-corrected chi connectivity index (χ3v) is 3.43. The Kier molecular flexibility index (Phi) is 5.99. The number of aryl methyl sites for hydroxylation is 1. The third-order valence-electron chi connectivity index (χ3n) is 3.43. The van der Waals surface area contributed by atoms with Gasteiger partial charge in [-0.2, -0.15) is 0 Å². The molecule has 0 aliphatic carbocycles. The van der Waals surface area contributed by atoms with Gasteiger partial charge in [0, 0.05) is 5.54 Å². The zero-order valence-corrected chi connectivity index (χ0v) is 13.0. The maximum absolute atomic E-state index is 13.1. The minimum atomic E-state index is -0.138. The molecule has 0 radical (unpaired) electrons. The molecule has 1 aromatic rings. The highest BCUT2D eigenvalue weighted by molar-refractivity contribution is 5.27. The molecule has 0 aliphatic rings. The quantitative estimate of drug-likeness (QED) is 0.799. The van der Waals surface area contributed by atoms with Crippen LogP contribution in [0.2, 0.25) is 0 Å². The molecule has 1 unspecified atom stereocenters. The molecule has 1 aromatic carbocycles. The number of benzene rings is 1. The van der Waals surface area contributed by atoms with Crippen molar-refractivity contribution in [3.05, 3.63) is 35.1 Å². The van der Waals surface area contributed by atoms with E-state index in [1.165, 1.54) is 18.4 Å². The van der Waals surface area contributed by atoms with Gasteiger partial charge >= 0.3 is 0 Å². The summed E-state index contributed by atoms with van der Waals surface area (Å²) in [6.45, 7) is 11.8. The Labute approximate surface area is 117 Å². The first-order valence-electron chi connectivity index (χ1n) is 7.32. The summed E-state index contributed by atoms with van der Waals surface area (Å²) in [5.74, 6) is 0.481. The molecule has 1 nitrogen and oxygen atoms in total. The van der Waals surface area contributed by atoms with E-state index in [9.17, 15) is 4.39 Å². The Bertz CT molecular complexity index is 393. The van der Waals surface area contributed by atoms with Gasteiger partial charge in [-0.3, -0.25) is 0 Å². The van der Waals surface area contributed by atoms with E-state index >= 15 is 0 Å². The Morgan fingerprint density at radius 1 is 1.26 bits per heavy atom. The van der Waals surface area contributed by atoms with Crippen LogP contribution in [-0.2, 0) is 6.42 Å². The monoisotopic (exact) mass is 265 g/mol. The van der Waals surface area contributed by atoms with Crippen LogP contribution in [0.5, 0.6) is 0 Å². The normalized spacial score (nSPS) is 13.6. The van der Waals surface area contributed by atoms with Crippen molar-refractivity contribution >= 4 is 0 Å². The summed E-state index contributed by atoms with van der Waals surface area (Å²) in [7, 11) is 0. The van der Waals surface area contributed by atoms with E-state index < -0.39 is 0 Å². The van der Waals surface area contributed by atoms with Crippen molar-refractivity contribution < 1.29 is 4.39 Å². The number of halogens is 1. The summed E-state index contributed by atoms with van der Waals surface area (Å²) >= 11 is 0. The molecule has 0 aliphatic heterocycles. The van der Waals surface area contributed by atoms with Gasteiger partial charge in [0.1, 0.15) is 5.82 Å². The topological polar surface area (TPSA) is 12.0 Å². The average molecular weight is 265 g/mol. The summed E-state index contributed by atoms with van der Waals surface area (Å²) in [4.78, 5) is 0. The fourth-order valence-electron chi connectivity index (χ4n) is 2.33. The van der Waals surface area contributed by atoms with Gasteiger partial charge in [0.15, 0.2) is 0 Å². The van der Waals surface area contributed by atoms with Crippen molar-refractivity contribution in [2.24, 2.45) is 5.92 Å². The molecule has 0 heterocycles. The van der Waals surface area contributed by atoms with Crippen LogP contribution in [0.1, 0.15) is 51.7 Å². The molecule has 0 spiro atoms. The van der Waals surface area contributed by atoms with Crippen molar-refractivity contribution in [2.45, 2.75) is 59.4 Å². The van der Waals surface area contributed by atoms with Gasteiger partial charge in [-0.25, -0.2) is 4.39 Å². The predicted octanol–water partition coefficient (Wildman–Crippen LogP) is 4.48. The first kappa shape index (κ1) is 16.2. The molecule has 0 aromatic heterocycles. The van der Waals surface area contributed by atoms with E-state index in [1.54, 1.807) is 12.1 Å². The number of hydrogen-bond acceptors (Lipinski definition) is 1. The molecule has 108 valence electrons. The average Bonchev–Trinajstić information content (AvgIpc) is 2.28. The lowest BCUT2D eigenvalue weighted by Crippen LogP contribution is -2.39. The van der Waals surface area contributed by atoms with Crippen LogP contribution in [0.4, 0.5) is 4.39 Å². The van der Waals surface area contributed by atoms with Gasteiger partial charge in [-0.05, 0) is 76.3 Å². The Hall–Kier alpha value is -0.890. The second kappa shape index (κ2) is 7.04. The lowest BCUT2D eigenvalue weighted by atomic mass is 9.92. The minimum Gasteiger partial charge on any atom is -0.312 e. The van der Waals surface area contributed by atoms with Crippen molar-refractivity contribution in [3.8, 4) is 0 Å². The SMILES string of the molecule is CCCC(CNC(C)(C)C)Cc1ccc(F)cc1C. The summed E-state index contributed by atoms with van der Waals surface area (Å²) < 4.78 is 13.1. The highest BCUT2D eigenvalue weighted by Crippen LogP contribution is 2.18. The zero-order valence-electron chi connectivity index (χ0n) is 13.0. The highest BCUT2D eigenvalue weighted by Gasteiger charge is 2.15. The van der Waals surface area contributed by atoms with E-state index in [2.05, 4.69) is 33.0 Å². The number of rotatable bonds is 6. The molecule has 0 amide bonds. The molecule has 1 N–H and O–H groups in total. The third kappa shape index (κ3) is 6.20. The second-order valence-electron chi connectivity index (χ2n) is 6.56. The van der Waals surface area contributed by atoms with Crippen LogP contribution in [-0.4, -0.2) is 12.1 Å². The van der Waals surface area contributed by atoms with Crippen molar-refractivity contribution in [1.29, 1.82) is 0 Å².